The second kappa shape index (κ2) is 6.70. The fraction of sp³-hybridized carbons (Fsp3) is 0.0952. The lowest BCUT2D eigenvalue weighted by Crippen LogP contribution is -2.32. The summed E-state index contributed by atoms with van der Waals surface area (Å²) in [5.41, 5.74) is 2.98. The average molecular weight is 376 g/mol. The summed E-state index contributed by atoms with van der Waals surface area (Å²) in [6.07, 6.45) is 0.369. The van der Waals surface area contributed by atoms with E-state index in [9.17, 15) is 19.5 Å². The molecule has 0 radical (unpaired) electrons. The minimum atomic E-state index is -1.36. The van der Waals surface area contributed by atoms with Crippen LogP contribution in [0.5, 0.6) is 0 Å². The molecule has 1 aliphatic heterocycles. The van der Waals surface area contributed by atoms with Crippen LogP contribution in [0.25, 0.3) is 22.0 Å². The largest absolute Gasteiger partial charge is 0.464 e. The van der Waals surface area contributed by atoms with Crippen molar-refractivity contribution in [2.45, 2.75) is 6.92 Å². The Kier molecular flexibility index (Phi) is 4.19. The van der Waals surface area contributed by atoms with Gasteiger partial charge in [-0.3, -0.25) is 9.59 Å². The molecule has 4 rings (SSSR count). The van der Waals surface area contributed by atoms with Crippen molar-refractivity contribution in [1.29, 1.82) is 0 Å². The minimum Gasteiger partial charge on any atom is -0.464 e. The number of imide groups is 1. The van der Waals surface area contributed by atoms with Crippen LogP contribution in [0, 0.1) is 0 Å². The second-order valence-electron chi connectivity index (χ2n) is 6.32. The number of H-pyrrole nitrogens is 1. The summed E-state index contributed by atoms with van der Waals surface area (Å²) >= 11 is 0. The molecule has 0 fully saturated rings. The summed E-state index contributed by atoms with van der Waals surface area (Å²) in [5.74, 6) is -1.16. The van der Waals surface area contributed by atoms with Gasteiger partial charge >= 0.3 is 12.1 Å². The van der Waals surface area contributed by atoms with E-state index >= 15 is 0 Å². The molecule has 2 heterocycles. The molecule has 3 aromatic rings. The van der Waals surface area contributed by atoms with Crippen molar-refractivity contribution in [3.8, 4) is 0 Å². The van der Waals surface area contributed by atoms with Crippen LogP contribution in [0.4, 0.5) is 10.5 Å². The number of nitrogens with one attached hydrogen (secondary N) is 1. The third-order valence-electron chi connectivity index (χ3n) is 4.66. The standard InChI is InChI=1S/C21H16N2O5/c1-12(24)28-11-16(15-10-22-17-8-4-2-6-13(15)17)19-14-7-3-5-9-18(14)23(20(19)25)21(26)27/h2-10,22H,11H2,1H3,(H,26,27)/b19-16-. The van der Waals surface area contributed by atoms with Gasteiger partial charge in [-0.05, 0) is 12.1 Å². The van der Waals surface area contributed by atoms with Gasteiger partial charge in [0, 0.05) is 40.7 Å². The minimum absolute atomic E-state index is 0.153. The van der Waals surface area contributed by atoms with Crippen molar-refractivity contribution in [3.63, 3.8) is 0 Å². The normalized spacial score (nSPS) is 14.9. The number of rotatable bonds is 3. The molecule has 1 aromatic heterocycles. The first kappa shape index (κ1) is 17.5. The molecular formula is C21H16N2O5. The van der Waals surface area contributed by atoms with Gasteiger partial charge in [-0.25, -0.2) is 9.69 Å². The number of hydrogen-bond donors (Lipinski definition) is 2. The van der Waals surface area contributed by atoms with Gasteiger partial charge < -0.3 is 14.8 Å². The Morgan fingerprint density at radius 3 is 2.57 bits per heavy atom. The number of amides is 2. The summed E-state index contributed by atoms with van der Waals surface area (Å²) in [4.78, 5) is 40.1. The molecule has 0 saturated heterocycles. The Hall–Kier alpha value is -3.87. The van der Waals surface area contributed by atoms with Crippen LogP contribution in [0.3, 0.4) is 0 Å². The lowest BCUT2D eigenvalue weighted by atomic mass is 9.95. The Bertz CT molecular complexity index is 1160. The molecule has 0 bridgehead atoms. The molecule has 0 saturated carbocycles. The number of para-hydroxylation sites is 2. The number of carboxylic acid groups (broad SMARTS) is 1. The predicted molar refractivity (Wildman–Crippen MR) is 104 cm³/mol. The Labute approximate surface area is 159 Å². The fourth-order valence-electron chi connectivity index (χ4n) is 3.48. The van der Waals surface area contributed by atoms with E-state index in [0.717, 1.165) is 10.9 Å². The van der Waals surface area contributed by atoms with Crippen molar-refractivity contribution in [2.75, 3.05) is 11.5 Å². The van der Waals surface area contributed by atoms with Crippen LogP contribution < -0.4 is 4.90 Å². The van der Waals surface area contributed by atoms with E-state index < -0.39 is 18.0 Å². The Balaban J connectivity index is 2.00. The summed E-state index contributed by atoms with van der Waals surface area (Å²) in [5, 5.41) is 10.4. The third-order valence-corrected chi connectivity index (χ3v) is 4.66. The van der Waals surface area contributed by atoms with Crippen molar-refractivity contribution < 1.29 is 24.2 Å². The lowest BCUT2D eigenvalue weighted by molar-refractivity contribution is -0.139. The van der Waals surface area contributed by atoms with Crippen molar-refractivity contribution in [2.24, 2.45) is 0 Å². The third kappa shape index (κ3) is 2.73. The molecular weight excluding hydrogens is 360 g/mol. The summed E-state index contributed by atoms with van der Waals surface area (Å²) in [6.45, 7) is 1.13. The zero-order valence-electron chi connectivity index (χ0n) is 14.9. The van der Waals surface area contributed by atoms with Crippen LogP contribution in [-0.4, -0.2) is 34.7 Å². The lowest BCUT2D eigenvalue weighted by Gasteiger charge is -2.12. The SMILES string of the molecule is CC(=O)OC/C(=C1/C(=O)N(C(=O)O)c2ccccc21)c1c[nH]c2ccccc12. The first-order valence-corrected chi connectivity index (χ1v) is 8.59. The Morgan fingerprint density at radius 1 is 1.11 bits per heavy atom. The number of esters is 1. The van der Waals surface area contributed by atoms with Crippen LogP contribution in [-0.2, 0) is 14.3 Å². The van der Waals surface area contributed by atoms with E-state index in [2.05, 4.69) is 4.98 Å². The molecule has 0 unspecified atom stereocenters. The molecule has 140 valence electrons. The highest BCUT2D eigenvalue weighted by atomic mass is 16.5. The molecule has 7 nitrogen and oxygen atoms in total. The molecule has 28 heavy (non-hydrogen) atoms. The van der Waals surface area contributed by atoms with Gasteiger partial charge in [-0.15, -0.1) is 0 Å². The fourth-order valence-corrected chi connectivity index (χ4v) is 3.48. The van der Waals surface area contributed by atoms with Gasteiger partial charge in [0.2, 0.25) is 0 Å². The maximum Gasteiger partial charge on any atom is 0.419 e. The van der Waals surface area contributed by atoms with Gasteiger partial charge in [0.05, 0.1) is 11.3 Å². The van der Waals surface area contributed by atoms with E-state index in [1.807, 2.05) is 24.3 Å². The topological polar surface area (TPSA) is 99.7 Å². The van der Waals surface area contributed by atoms with Gasteiger partial charge in [0.1, 0.15) is 6.61 Å². The van der Waals surface area contributed by atoms with Crippen LogP contribution in [0.2, 0.25) is 0 Å². The zero-order valence-corrected chi connectivity index (χ0v) is 14.9. The number of carbonyl (C=O) groups excluding carboxylic acids is 2. The predicted octanol–water partition coefficient (Wildman–Crippen LogP) is 3.67. The molecule has 7 heteroatoms. The highest BCUT2D eigenvalue weighted by molar-refractivity contribution is 6.43. The first-order chi connectivity index (χ1) is 13.5. The first-order valence-electron chi connectivity index (χ1n) is 8.59. The van der Waals surface area contributed by atoms with Crippen molar-refractivity contribution in [3.05, 3.63) is 65.9 Å². The number of nitrogens with zero attached hydrogens (tertiary/aromatic N) is 1. The molecule has 2 aromatic carbocycles. The van der Waals surface area contributed by atoms with Gasteiger partial charge in [-0.2, -0.15) is 0 Å². The van der Waals surface area contributed by atoms with Crippen LogP contribution >= 0.6 is 0 Å². The molecule has 2 N–H and O–H groups in total. The van der Waals surface area contributed by atoms with E-state index in [4.69, 9.17) is 4.74 Å². The highest BCUT2D eigenvalue weighted by Gasteiger charge is 2.39. The average Bonchev–Trinajstić information content (AvgIpc) is 3.21. The number of fused-ring (bicyclic) bond motifs is 2. The summed E-state index contributed by atoms with van der Waals surface area (Å²) < 4.78 is 5.22. The number of ether oxygens (including phenoxy) is 1. The second-order valence-corrected chi connectivity index (χ2v) is 6.32. The number of anilines is 1. The summed E-state index contributed by atoms with van der Waals surface area (Å²) in [6, 6.07) is 14.2. The quantitative estimate of drug-likeness (QED) is 0.537. The van der Waals surface area contributed by atoms with E-state index in [0.29, 0.717) is 21.6 Å². The maximum absolute atomic E-state index is 13.1. The number of hydrogen-bond acceptors (Lipinski definition) is 4. The molecule has 1 aliphatic rings. The molecule has 0 atom stereocenters. The van der Waals surface area contributed by atoms with Crippen LogP contribution in [0.15, 0.2) is 54.7 Å². The van der Waals surface area contributed by atoms with Gasteiger partial charge in [0.15, 0.2) is 0 Å². The van der Waals surface area contributed by atoms with Gasteiger partial charge in [0.25, 0.3) is 5.91 Å². The monoisotopic (exact) mass is 376 g/mol. The smallest absolute Gasteiger partial charge is 0.419 e. The maximum atomic E-state index is 13.1. The number of aromatic nitrogens is 1. The molecule has 0 aliphatic carbocycles. The zero-order chi connectivity index (χ0) is 19.8. The highest BCUT2D eigenvalue weighted by Crippen LogP contribution is 2.42. The van der Waals surface area contributed by atoms with Crippen molar-refractivity contribution >= 4 is 45.7 Å². The van der Waals surface area contributed by atoms with Gasteiger partial charge in [-0.1, -0.05) is 36.4 Å². The van der Waals surface area contributed by atoms with E-state index in [-0.39, 0.29) is 17.9 Å². The van der Waals surface area contributed by atoms with Crippen molar-refractivity contribution in [1.82, 2.24) is 4.98 Å². The van der Waals surface area contributed by atoms with E-state index in [1.165, 1.54) is 6.92 Å². The van der Waals surface area contributed by atoms with Crippen LogP contribution in [0.1, 0.15) is 18.1 Å². The number of benzene rings is 2. The Morgan fingerprint density at radius 2 is 1.82 bits per heavy atom. The summed E-state index contributed by atoms with van der Waals surface area (Å²) in [7, 11) is 0. The molecule has 0 spiro atoms. The molecule has 2 amide bonds. The number of carbonyl (C=O) groups is 3. The van der Waals surface area contributed by atoms with E-state index in [1.54, 1.807) is 30.5 Å². The number of aromatic amines is 1.